The number of para-hydroxylation sites is 1. The van der Waals surface area contributed by atoms with E-state index in [1.54, 1.807) is 6.20 Å². The van der Waals surface area contributed by atoms with Crippen LogP contribution in [0.2, 0.25) is 0 Å². The molecule has 3 rings (SSSR count). The molecule has 0 aliphatic heterocycles. The van der Waals surface area contributed by atoms with Crippen molar-refractivity contribution in [1.29, 1.82) is 0 Å². The Morgan fingerprint density at radius 1 is 1.04 bits per heavy atom. The number of benzene rings is 2. The van der Waals surface area contributed by atoms with E-state index in [0.717, 1.165) is 16.5 Å². The van der Waals surface area contributed by atoms with Crippen molar-refractivity contribution in [2.45, 2.75) is 20.8 Å². The number of amides is 1. The molecular weight excluding hydrogens is 308 g/mol. The van der Waals surface area contributed by atoms with Crippen molar-refractivity contribution in [1.82, 2.24) is 4.98 Å². The highest BCUT2D eigenvalue weighted by Crippen LogP contribution is 2.19. The van der Waals surface area contributed by atoms with E-state index in [9.17, 15) is 4.79 Å². The molecule has 0 spiro atoms. The number of nitrogens with one attached hydrogen (secondary N) is 1. The summed E-state index contributed by atoms with van der Waals surface area (Å²) in [4.78, 5) is 16.8. The Balaban J connectivity index is 1.73. The minimum atomic E-state index is -0.136. The molecule has 1 amide bonds. The van der Waals surface area contributed by atoms with E-state index in [4.69, 9.17) is 0 Å². The van der Waals surface area contributed by atoms with Crippen LogP contribution in [-0.4, -0.2) is 10.9 Å². The standard InChI is InChI=1S/C22H22N2O/c1-22(2,3)13-12-16-8-10-17(11-9-16)21(25)24-19-14-18-6-4-5-7-20(18)23-15-19/h4-15H,1-3H3,(H,24,25). The largest absolute Gasteiger partial charge is 0.321 e. The maximum Gasteiger partial charge on any atom is 0.255 e. The number of pyridine rings is 1. The SMILES string of the molecule is CC(C)(C)C=Cc1ccc(C(=O)Nc2cnc3ccccc3c2)cc1. The summed E-state index contributed by atoms with van der Waals surface area (Å²) in [6.45, 7) is 6.47. The molecule has 0 bridgehead atoms. The second kappa shape index (κ2) is 6.89. The summed E-state index contributed by atoms with van der Waals surface area (Å²) in [7, 11) is 0. The summed E-state index contributed by atoms with van der Waals surface area (Å²) in [6.07, 6.45) is 5.92. The molecule has 2 aromatic carbocycles. The Hall–Kier alpha value is -2.94. The summed E-state index contributed by atoms with van der Waals surface area (Å²) in [5, 5.41) is 3.91. The number of carbonyl (C=O) groups is 1. The van der Waals surface area contributed by atoms with Gasteiger partial charge in [-0.15, -0.1) is 0 Å². The molecule has 3 aromatic rings. The molecule has 3 nitrogen and oxygen atoms in total. The minimum Gasteiger partial charge on any atom is -0.321 e. The molecule has 0 aliphatic rings. The lowest BCUT2D eigenvalue weighted by atomic mass is 9.95. The molecule has 0 fully saturated rings. The van der Waals surface area contributed by atoms with Gasteiger partial charge in [-0.2, -0.15) is 0 Å². The zero-order valence-electron chi connectivity index (χ0n) is 14.8. The van der Waals surface area contributed by atoms with Gasteiger partial charge in [0.15, 0.2) is 0 Å². The van der Waals surface area contributed by atoms with E-state index in [2.05, 4.69) is 43.2 Å². The van der Waals surface area contributed by atoms with E-state index in [-0.39, 0.29) is 11.3 Å². The fraction of sp³-hybridized carbons (Fsp3) is 0.182. The zero-order valence-corrected chi connectivity index (χ0v) is 14.8. The first-order valence-electron chi connectivity index (χ1n) is 8.36. The van der Waals surface area contributed by atoms with Gasteiger partial charge < -0.3 is 5.32 Å². The summed E-state index contributed by atoms with van der Waals surface area (Å²) >= 11 is 0. The maximum atomic E-state index is 12.4. The molecule has 0 atom stereocenters. The fourth-order valence-electron chi connectivity index (χ4n) is 2.43. The number of hydrogen-bond donors (Lipinski definition) is 1. The topological polar surface area (TPSA) is 42.0 Å². The molecule has 1 aromatic heterocycles. The van der Waals surface area contributed by atoms with Gasteiger partial charge in [-0.05, 0) is 35.2 Å². The fourth-order valence-corrected chi connectivity index (χ4v) is 2.43. The van der Waals surface area contributed by atoms with Gasteiger partial charge in [0.25, 0.3) is 5.91 Å². The Labute approximate surface area is 148 Å². The van der Waals surface area contributed by atoms with Gasteiger partial charge in [-0.1, -0.05) is 63.3 Å². The number of nitrogens with zero attached hydrogens (tertiary/aromatic N) is 1. The van der Waals surface area contributed by atoms with Crippen molar-refractivity contribution < 1.29 is 4.79 Å². The zero-order chi connectivity index (χ0) is 17.9. The highest BCUT2D eigenvalue weighted by molar-refractivity contribution is 6.05. The van der Waals surface area contributed by atoms with E-state index in [1.807, 2.05) is 54.6 Å². The predicted molar refractivity (Wildman–Crippen MR) is 105 cm³/mol. The van der Waals surface area contributed by atoms with E-state index < -0.39 is 0 Å². The van der Waals surface area contributed by atoms with Gasteiger partial charge in [0.2, 0.25) is 0 Å². The van der Waals surface area contributed by atoms with Gasteiger partial charge in [0.05, 0.1) is 17.4 Å². The van der Waals surface area contributed by atoms with Crippen LogP contribution in [-0.2, 0) is 0 Å². The first-order valence-corrected chi connectivity index (χ1v) is 8.36. The second-order valence-corrected chi connectivity index (χ2v) is 7.19. The van der Waals surface area contributed by atoms with Crippen molar-refractivity contribution in [3.8, 4) is 0 Å². The monoisotopic (exact) mass is 330 g/mol. The number of carbonyl (C=O) groups excluding carboxylic acids is 1. The van der Waals surface area contributed by atoms with Crippen LogP contribution in [0.4, 0.5) is 5.69 Å². The van der Waals surface area contributed by atoms with Crippen LogP contribution in [0.15, 0.2) is 66.9 Å². The second-order valence-electron chi connectivity index (χ2n) is 7.19. The number of fused-ring (bicyclic) bond motifs is 1. The Morgan fingerprint density at radius 2 is 1.76 bits per heavy atom. The average Bonchev–Trinajstić information content (AvgIpc) is 2.59. The highest BCUT2D eigenvalue weighted by atomic mass is 16.1. The third-order valence-corrected chi connectivity index (χ3v) is 3.80. The molecule has 126 valence electrons. The number of rotatable bonds is 3. The van der Waals surface area contributed by atoms with Gasteiger partial charge in [0, 0.05) is 10.9 Å². The van der Waals surface area contributed by atoms with Gasteiger partial charge in [-0.25, -0.2) is 0 Å². The number of aromatic nitrogens is 1. The van der Waals surface area contributed by atoms with Gasteiger partial charge >= 0.3 is 0 Å². The molecule has 0 saturated carbocycles. The van der Waals surface area contributed by atoms with Crippen LogP contribution in [0.3, 0.4) is 0 Å². The summed E-state index contributed by atoms with van der Waals surface area (Å²) < 4.78 is 0. The number of hydrogen-bond acceptors (Lipinski definition) is 2. The van der Waals surface area contributed by atoms with E-state index in [0.29, 0.717) is 11.3 Å². The summed E-state index contributed by atoms with van der Waals surface area (Å²) in [5.41, 5.74) is 3.45. The van der Waals surface area contributed by atoms with Gasteiger partial charge in [0.1, 0.15) is 0 Å². The Bertz CT molecular complexity index is 919. The smallest absolute Gasteiger partial charge is 0.255 e. The first-order chi connectivity index (χ1) is 11.9. The van der Waals surface area contributed by atoms with E-state index >= 15 is 0 Å². The van der Waals surface area contributed by atoms with Crippen molar-refractivity contribution >= 4 is 28.6 Å². The van der Waals surface area contributed by atoms with Crippen LogP contribution in [0.1, 0.15) is 36.7 Å². The van der Waals surface area contributed by atoms with Crippen molar-refractivity contribution in [2.75, 3.05) is 5.32 Å². The molecule has 0 radical (unpaired) electrons. The highest BCUT2D eigenvalue weighted by Gasteiger charge is 2.07. The Morgan fingerprint density at radius 3 is 2.48 bits per heavy atom. The first kappa shape index (κ1) is 16.9. The lowest BCUT2D eigenvalue weighted by Gasteiger charge is -2.11. The molecule has 0 saturated heterocycles. The predicted octanol–water partition coefficient (Wildman–Crippen LogP) is 5.55. The van der Waals surface area contributed by atoms with E-state index in [1.165, 1.54) is 0 Å². The van der Waals surface area contributed by atoms with Crippen molar-refractivity contribution in [3.05, 3.63) is 78.0 Å². The average molecular weight is 330 g/mol. The van der Waals surface area contributed by atoms with Crippen LogP contribution in [0, 0.1) is 5.41 Å². The third-order valence-electron chi connectivity index (χ3n) is 3.80. The van der Waals surface area contributed by atoms with Crippen LogP contribution >= 0.6 is 0 Å². The summed E-state index contributed by atoms with van der Waals surface area (Å²) in [6, 6.07) is 17.4. The molecule has 25 heavy (non-hydrogen) atoms. The molecule has 0 unspecified atom stereocenters. The molecule has 1 heterocycles. The van der Waals surface area contributed by atoms with Crippen LogP contribution < -0.4 is 5.32 Å². The number of anilines is 1. The van der Waals surface area contributed by atoms with Crippen LogP contribution in [0.25, 0.3) is 17.0 Å². The molecular formula is C22H22N2O. The number of allylic oxidation sites excluding steroid dienone is 1. The quantitative estimate of drug-likeness (QED) is 0.684. The summed E-state index contributed by atoms with van der Waals surface area (Å²) in [5.74, 6) is -0.136. The molecule has 1 N–H and O–H groups in total. The lowest BCUT2D eigenvalue weighted by Crippen LogP contribution is -2.11. The lowest BCUT2D eigenvalue weighted by molar-refractivity contribution is 0.102. The van der Waals surface area contributed by atoms with Crippen molar-refractivity contribution in [3.63, 3.8) is 0 Å². The van der Waals surface area contributed by atoms with Crippen LogP contribution in [0.5, 0.6) is 0 Å². The van der Waals surface area contributed by atoms with Gasteiger partial charge in [-0.3, -0.25) is 9.78 Å². The normalized spacial score (nSPS) is 11.8. The third kappa shape index (κ3) is 4.54. The Kier molecular flexibility index (Phi) is 4.66. The maximum absolute atomic E-state index is 12.4. The minimum absolute atomic E-state index is 0.136. The van der Waals surface area contributed by atoms with Crippen molar-refractivity contribution in [2.24, 2.45) is 5.41 Å². The molecule has 3 heteroatoms. The molecule has 0 aliphatic carbocycles.